The van der Waals surface area contributed by atoms with Gasteiger partial charge in [0.05, 0.1) is 31.1 Å². The number of methoxy groups -OCH3 is 1. The van der Waals surface area contributed by atoms with E-state index in [9.17, 15) is 22.7 Å². The molecule has 3 N–H and O–H groups in total. The fraction of sp³-hybridized carbons (Fsp3) is 0.667. The number of aromatic nitrogens is 2. The molecule has 0 aliphatic carbocycles. The van der Waals surface area contributed by atoms with Gasteiger partial charge in [0, 0.05) is 50.0 Å². The zero-order valence-corrected chi connectivity index (χ0v) is 24.5. The molecule has 12 heteroatoms. The number of ether oxygens (including phenoxy) is 2. The molecule has 0 radical (unpaired) electrons. The summed E-state index contributed by atoms with van der Waals surface area (Å²) in [5.74, 6) is 1.13. The Balaban J connectivity index is 0.000000330. The van der Waals surface area contributed by atoms with Gasteiger partial charge in [-0.25, -0.2) is 4.39 Å². The number of fused-ring (bicyclic) bond motifs is 2. The van der Waals surface area contributed by atoms with Gasteiger partial charge in [0.1, 0.15) is 12.0 Å². The molecule has 5 unspecified atom stereocenters. The number of nitrogen functional groups attached to an aromatic ring is 1. The number of piperidine rings is 1. The van der Waals surface area contributed by atoms with E-state index >= 15 is 0 Å². The highest BCUT2D eigenvalue weighted by atomic mass is 19.4. The maximum atomic E-state index is 13.9. The van der Waals surface area contributed by atoms with Crippen molar-refractivity contribution < 1.29 is 32.1 Å². The molecule has 42 heavy (non-hydrogen) atoms. The molecule has 8 nitrogen and oxygen atoms in total. The first-order chi connectivity index (χ1) is 20.0. The molecular weight excluding hydrogens is 554 g/mol. The van der Waals surface area contributed by atoms with Crippen LogP contribution in [0.1, 0.15) is 66.7 Å². The van der Waals surface area contributed by atoms with Gasteiger partial charge < -0.3 is 25.2 Å². The van der Waals surface area contributed by atoms with Gasteiger partial charge in [0.15, 0.2) is 0 Å². The van der Waals surface area contributed by atoms with Crippen LogP contribution in [0.5, 0.6) is 6.01 Å². The molecule has 0 saturated carbocycles. The Bertz CT molecular complexity index is 1250. The van der Waals surface area contributed by atoms with Crippen molar-refractivity contribution in [3.8, 4) is 6.01 Å². The number of hydrogen-bond donors (Lipinski definition) is 2. The predicted molar refractivity (Wildman–Crippen MR) is 151 cm³/mol. The summed E-state index contributed by atoms with van der Waals surface area (Å²) in [5.41, 5.74) is 6.83. The first-order valence-electron chi connectivity index (χ1n) is 14.7. The van der Waals surface area contributed by atoms with Crippen molar-refractivity contribution in [2.24, 2.45) is 11.8 Å². The molecule has 5 atom stereocenters. The molecule has 0 amide bonds. The quantitative estimate of drug-likeness (QED) is 0.383. The second-order valence-electron chi connectivity index (χ2n) is 12.2. The summed E-state index contributed by atoms with van der Waals surface area (Å²) in [6, 6.07) is 3.42. The summed E-state index contributed by atoms with van der Waals surface area (Å²) in [4.78, 5) is 13.4. The SMILES string of the molecule is COc1nc2c(c(N3CC(C)CC(CO)C3)n1)COC(c1cc(N)cc(C)c1C(F)(F)F)C2.FC1CC2CCCN2C1. The average Bonchev–Trinajstić information content (AvgIpc) is 3.51. The molecule has 232 valence electrons. The number of nitrogens with two attached hydrogens (primary N) is 1. The van der Waals surface area contributed by atoms with Crippen LogP contribution in [0, 0.1) is 18.8 Å². The van der Waals surface area contributed by atoms with E-state index in [2.05, 4.69) is 26.7 Å². The fourth-order valence-corrected chi connectivity index (χ4v) is 7.08. The van der Waals surface area contributed by atoms with Gasteiger partial charge in [-0.05, 0) is 74.2 Å². The van der Waals surface area contributed by atoms with E-state index < -0.39 is 24.0 Å². The molecular formula is C30H41F4N5O3. The molecule has 4 aliphatic heterocycles. The summed E-state index contributed by atoms with van der Waals surface area (Å²) in [6.07, 6.45) is -1.51. The van der Waals surface area contributed by atoms with Gasteiger partial charge in [0.2, 0.25) is 0 Å². The van der Waals surface area contributed by atoms with Crippen LogP contribution in [0.4, 0.5) is 29.1 Å². The van der Waals surface area contributed by atoms with E-state index in [1.165, 1.54) is 39.0 Å². The van der Waals surface area contributed by atoms with Gasteiger partial charge in [-0.1, -0.05) is 6.92 Å². The van der Waals surface area contributed by atoms with Crippen LogP contribution in [-0.2, 0) is 23.9 Å². The van der Waals surface area contributed by atoms with Crippen LogP contribution in [0.25, 0.3) is 0 Å². The Morgan fingerprint density at radius 3 is 2.64 bits per heavy atom. The number of aliphatic hydroxyl groups is 1. The average molecular weight is 596 g/mol. The number of aryl methyl sites for hydroxylation is 1. The van der Waals surface area contributed by atoms with Crippen molar-refractivity contribution >= 4 is 11.5 Å². The number of aliphatic hydroxyl groups excluding tert-OH is 1. The molecule has 6 rings (SSSR count). The van der Waals surface area contributed by atoms with Crippen molar-refractivity contribution in [2.75, 3.05) is 50.5 Å². The first-order valence-corrected chi connectivity index (χ1v) is 14.7. The van der Waals surface area contributed by atoms with Gasteiger partial charge in [-0.3, -0.25) is 4.90 Å². The van der Waals surface area contributed by atoms with E-state index in [0.717, 1.165) is 31.5 Å². The molecule has 1 aromatic carbocycles. The Kier molecular flexibility index (Phi) is 9.15. The highest BCUT2D eigenvalue weighted by molar-refractivity contribution is 5.54. The third kappa shape index (κ3) is 6.60. The largest absolute Gasteiger partial charge is 0.467 e. The molecule has 4 aliphatic rings. The van der Waals surface area contributed by atoms with Crippen LogP contribution in [0.15, 0.2) is 12.1 Å². The predicted octanol–water partition coefficient (Wildman–Crippen LogP) is 4.86. The molecule has 0 bridgehead atoms. The highest BCUT2D eigenvalue weighted by Crippen LogP contribution is 2.43. The minimum atomic E-state index is -4.53. The van der Waals surface area contributed by atoms with E-state index in [0.29, 0.717) is 36.6 Å². The summed E-state index contributed by atoms with van der Waals surface area (Å²) in [7, 11) is 1.46. The molecule has 1 aromatic heterocycles. The van der Waals surface area contributed by atoms with Crippen LogP contribution < -0.4 is 15.4 Å². The Hall–Kier alpha value is -2.70. The van der Waals surface area contributed by atoms with Crippen molar-refractivity contribution in [1.82, 2.24) is 14.9 Å². The lowest BCUT2D eigenvalue weighted by molar-refractivity contribution is -0.140. The number of benzene rings is 1. The summed E-state index contributed by atoms with van der Waals surface area (Å²) in [6.45, 7) is 6.90. The maximum Gasteiger partial charge on any atom is 0.417 e. The molecule has 0 spiro atoms. The number of anilines is 2. The lowest BCUT2D eigenvalue weighted by atomic mass is 9.90. The molecule has 5 heterocycles. The minimum Gasteiger partial charge on any atom is -0.467 e. The smallest absolute Gasteiger partial charge is 0.417 e. The monoisotopic (exact) mass is 595 g/mol. The van der Waals surface area contributed by atoms with Crippen LogP contribution in [-0.4, -0.2) is 72.1 Å². The number of nitrogens with zero attached hydrogens (tertiary/aromatic N) is 4. The topological polar surface area (TPSA) is 97.0 Å². The molecule has 3 fully saturated rings. The lowest BCUT2D eigenvalue weighted by Crippen LogP contribution is -2.42. The van der Waals surface area contributed by atoms with Crippen molar-refractivity contribution in [3.05, 3.63) is 40.1 Å². The van der Waals surface area contributed by atoms with E-state index in [4.69, 9.17) is 15.2 Å². The zero-order valence-electron chi connectivity index (χ0n) is 24.5. The van der Waals surface area contributed by atoms with E-state index in [1.54, 1.807) is 0 Å². The third-order valence-electron chi connectivity index (χ3n) is 8.82. The molecule has 3 saturated heterocycles. The normalized spacial score (nSPS) is 27.7. The van der Waals surface area contributed by atoms with Gasteiger partial charge in [-0.2, -0.15) is 23.1 Å². The number of alkyl halides is 4. The number of rotatable bonds is 4. The van der Waals surface area contributed by atoms with E-state index in [1.807, 2.05) is 0 Å². The second-order valence-corrected chi connectivity index (χ2v) is 12.2. The van der Waals surface area contributed by atoms with Gasteiger partial charge in [0.25, 0.3) is 0 Å². The zero-order chi connectivity index (χ0) is 30.2. The number of halogens is 4. The van der Waals surface area contributed by atoms with Crippen molar-refractivity contribution in [2.45, 2.75) is 77.1 Å². The summed E-state index contributed by atoms with van der Waals surface area (Å²) < 4.78 is 65.4. The standard InChI is InChI=1S/C23H29F3N4O3.C7H12FN/c1-12-4-14(10-31)9-30(8-12)21-17-11-33-19(7-18(17)28-22(29-21)32-3)16-6-15(27)5-13(2)20(16)23(24,25)26;8-6-4-7-2-1-3-9(7)5-6/h5-6,12,14,19,31H,4,7-11,27H2,1-3H3;6-7H,1-5H2. The van der Waals surface area contributed by atoms with Crippen LogP contribution in [0.3, 0.4) is 0 Å². The second kappa shape index (κ2) is 12.5. The number of hydrogen-bond acceptors (Lipinski definition) is 8. The fourth-order valence-electron chi connectivity index (χ4n) is 7.08. The van der Waals surface area contributed by atoms with Crippen molar-refractivity contribution in [3.63, 3.8) is 0 Å². The Morgan fingerprint density at radius 2 is 1.95 bits per heavy atom. The maximum absolute atomic E-state index is 13.9. The minimum absolute atomic E-state index is 0.0109. The van der Waals surface area contributed by atoms with Crippen LogP contribution in [0.2, 0.25) is 0 Å². The third-order valence-corrected chi connectivity index (χ3v) is 8.82. The highest BCUT2D eigenvalue weighted by Gasteiger charge is 2.40. The van der Waals surface area contributed by atoms with Crippen LogP contribution >= 0.6 is 0 Å². The molecule has 2 aromatic rings. The lowest BCUT2D eigenvalue weighted by Gasteiger charge is -2.38. The Labute approximate surface area is 244 Å². The first kappa shape index (κ1) is 30.7. The van der Waals surface area contributed by atoms with Gasteiger partial charge in [-0.15, -0.1) is 0 Å². The van der Waals surface area contributed by atoms with Crippen molar-refractivity contribution in [1.29, 1.82) is 0 Å². The summed E-state index contributed by atoms with van der Waals surface area (Å²) in [5, 5.41) is 9.70. The Morgan fingerprint density at radius 1 is 1.17 bits per heavy atom. The van der Waals surface area contributed by atoms with E-state index in [-0.39, 0.29) is 48.4 Å². The van der Waals surface area contributed by atoms with Gasteiger partial charge >= 0.3 is 12.2 Å². The summed E-state index contributed by atoms with van der Waals surface area (Å²) >= 11 is 0.